The average Bonchev–Trinajstić information content (AvgIpc) is 3.10. The number of benzene rings is 1. The van der Waals surface area contributed by atoms with E-state index < -0.39 is 5.97 Å². The molecule has 2 heterocycles. The molecule has 0 saturated carbocycles. The number of nitrogens with zero attached hydrogens (tertiary/aromatic N) is 5. The molecule has 0 spiro atoms. The summed E-state index contributed by atoms with van der Waals surface area (Å²) in [5.41, 5.74) is 1.29. The van der Waals surface area contributed by atoms with E-state index in [4.69, 9.17) is 25.8 Å². The van der Waals surface area contributed by atoms with Gasteiger partial charge in [0.1, 0.15) is 11.8 Å². The van der Waals surface area contributed by atoms with E-state index in [1.807, 2.05) is 0 Å². The van der Waals surface area contributed by atoms with Gasteiger partial charge < -0.3 is 14.2 Å². The van der Waals surface area contributed by atoms with Crippen LogP contribution >= 0.6 is 11.6 Å². The predicted octanol–water partition coefficient (Wildman–Crippen LogP) is 2.06. The third kappa shape index (κ3) is 2.93. The zero-order valence-electron chi connectivity index (χ0n) is 13.7. The summed E-state index contributed by atoms with van der Waals surface area (Å²) in [6.07, 6.45) is 1.35. The maximum Gasteiger partial charge on any atom is 0.376 e. The molecule has 0 aliphatic carbocycles. The third-order valence-corrected chi connectivity index (χ3v) is 3.64. The molecule has 2 aromatic heterocycles. The van der Waals surface area contributed by atoms with Crippen molar-refractivity contribution in [2.75, 3.05) is 20.8 Å². The van der Waals surface area contributed by atoms with Crippen molar-refractivity contribution in [1.29, 1.82) is 0 Å². The van der Waals surface area contributed by atoms with Gasteiger partial charge in [-0.15, -0.1) is 10.2 Å². The second kappa shape index (κ2) is 6.89. The molecule has 1 aromatic carbocycles. The minimum atomic E-state index is -0.624. The van der Waals surface area contributed by atoms with Crippen molar-refractivity contribution in [1.82, 2.24) is 24.7 Å². The number of fused-ring (bicyclic) bond motifs is 1. The Bertz CT molecular complexity index is 943. The van der Waals surface area contributed by atoms with Crippen LogP contribution in [0.4, 0.5) is 0 Å². The normalized spacial score (nSPS) is 10.7. The van der Waals surface area contributed by atoms with E-state index in [2.05, 4.69) is 20.2 Å². The Balaban J connectivity index is 2.28. The summed E-state index contributed by atoms with van der Waals surface area (Å²) in [7, 11) is 2.92. The van der Waals surface area contributed by atoms with Crippen molar-refractivity contribution in [3.63, 3.8) is 0 Å². The molecule has 0 bridgehead atoms. The molecule has 3 aromatic rings. The number of methoxy groups -OCH3 is 2. The molecular formula is C15H14ClN5O4. The number of hydrogen-bond acceptors (Lipinski definition) is 8. The molecule has 130 valence electrons. The second-order valence-corrected chi connectivity index (χ2v) is 5.16. The van der Waals surface area contributed by atoms with Crippen LogP contribution < -0.4 is 9.47 Å². The van der Waals surface area contributed by atoms with Gasteiger partial charge in [-0.05, 0) is 19.1 Å². The number of carbonyl (C=O) groups is 1. The molecule has 25 heavy (non-hydrogen) atoms. The molecule has 0 aliphatic rings. The number of ether oxygens (including phenoxy) is 3. The predicted molar refractivity (Wildman–Crippen MR) is 88.5 cm³/mol. The number of hydrogen-bond donors (Lipinski definition) is 0. The van der Waals surface area contributed by atoms with Gasteiger partial charge in [0, 0.05) is 0 Å². The quantitative estimate of drug-likeness (QED) is 0.635. The van der Waals surface area contributed by atoms with Gasteiger partial charge in [-0.2, -0.15) is 0 Å². The van der Waals surface area contributed by atoms with Crippen LogP contribution in [0.2, 0.25) is 5.02 Å². The second-order valence-electron chi connectivity index (χ2n) is 4.75. The zero-order valence-corrected chi connectivity index (χ0v) is 14.4. The largest absolute Gasteiger partial charge is 0.477 e. The first-order valence-electron chi connectivity index (χ1n) is 7.26. The molecule has 0 unspecified atom stereocenters. The summed E-state index contributed by atoms with van der Waals surface area (Å²) < 4.78 is 16.8. The van der Waals surface area contributed by atoms with Crippen molar-refractivity contribution in [3.05, 3.63) is 29.3 Å². The highest BCUT2D eigenvalue weighted by molar-refractivity contribution is 6.33. The van der Waals surface area contributed by atoms with Crippen LogP contribution in [0.1, 0.15) is 17.5 Å². The number of esters is 1. The SMILES string of the molecule is CCOC(=O)c1nncn1-c1c(Cl)ccc2nc(OC)c(OC)nc12. The molecule has 0 amide bonds. The van der Waals surface area contributed by atoms with Gasteiger partial charge in [0.15, 0.2) is 0 Å². The lowest BCUT2D eigenvalue weighted by Gasteiger charge is -2.12. The summed E-state index contributed by atoms with van der Waals surface area (Å²) in [4.78, 5) is 20.9. The number of carbonyl (C=O) groups excluding carboxylic acids is 1. The van der Waals surface area contributed by atoms with E-state index in [9.17, 15) is 4.79 Å². The van der Waals surface area contributed by atoms with Crippen LogP contribution in [0.15, 0.2) is 18.5 Å². The van der Waals surface area contributed by atoms with Crippen molar-refractivity contribution in [2.45, 2.75) is 6.92 Å². The Labute approximate surface area is 147 Å². The maximum atomic E-state index is 12.1. The highest BCUT2D eigenvalue weighted by Crippen LogP contribution is 2.32. The van der Waals surface area contributed by atoms with Crippen molar-refractivity contribution in [2.24, 2.45) is 0 Å². The standard InChI is InChI=1S/C15H14ClN5O4/c1-4-25-15(22)12-20-17-7-21(12)11-8(16)5-6-9-10(11)19-14(24-3)13(18-9)23-2/h5-7H,4H2,1-3H3. The molecule has 0 N–H and O–H groups in total. The van der Waals surface area contributed by atoms with Gasteiger partial charge in [-0.25, -0.2) is 14.8 Å². The van der Waals surface area contributed by atoms with Gasteiger partial charge in [0.25, 0.3) is 11.8 Å². The third-order valence-electron chi connectivity index (χ3n) is 3.33. The number of rotatable bonds is 5. The van der Waals surface area contributed by atoms with Crippen LogP contribution in [0.5, 0.6) is 11.8 Å². The van der Waals surface area contributed by atoms with Crippen LogP contribution in [0, 0.1) is 0 Å². The average molecular weight is 364 g/mol. The minimum Gasteiger partial charge on any atom is -0.477 e. The van der Waals surface area contributed by atoms with Gasteiger partial charge in [-0.3, -0.25) is 4.57 Å². The van der Waals surface area contributed by atoms with Gasteiger partial charge in [0.05, 0.1) is 37.1 Å². The number of halogens is 1. The maximum absolute atomic E-state index is 12.1. The molecule has 9 nitrogen and oxygen atoms in total. The van der Waals surface area contributed by atoms with Crippen LogP contribution in [-0.4, -0.2) is 51.5 Å². The van der Waals surface area contributed by atoms with Gasteiger partial charge in [0.2, 0.25) is 5.82 Å². The molecule has 3 rings (SSSR count). The van der Waals surface area contributed by atoms with E-state index >= 15 is 0 Å². The molecule has 10 heteroatoms. The Morgan fingerprint density at radius 2 is 1.92 bits per heavy atom. The lowest BCUT2D eigenvalue weighted by molar-refractivity contribution is 0.0509. The van der Waals surface area contributed by atoms with Crippen molar-refractivity contribution in [3.8, 4) is 17.4 Å². The highest BCUT2D eigenvalue weighted by Gasteiger charge is 2.22. The van der Waals surface area contributed by atoms with Crippen LogP contribution in [0.25, 0.3) is 16.7 Å². The zero-order chi connectivity index (χ0) is 18.0. The fourth-order valence-corrected chi connectivity index (χ4v) is 2.52. The Morgan fingerprint density at radius 1 is 1.20 bits per heavy atom. The topological polar surface area (TPSA) is 101 Å². The van der Waals surface area contributed by atoms with Gasteiger partial charge in [-0.1, -0.05) is 11.6 Å². The van der Waals surface area contributed by atoms with E-state index in [-0.39, 0.29) is 24.2 Å². The van der Waals surface area contributed by atoms with E-state index in [1.54, 1.807) is 19.1 Å². The Morgan fingerprint density at radius 3 is 2.60 bits per heavy atom. The Hall–Kier alpha value is -2.94. The molecule has 0 saturated heterocycles. The van der Waals surface area contributed by atoms with Crippen molar-refractivity contribution < 1.29 is 19.0 Å². The number of aromatic nitrogens is 5. The lowest BCUT2D eigenvalue weighted by Crippen LogP contribution is -2.13. The van der Waals surface area contributed by atoms with Gasteiger partial charge >= 0.3 is 5.97 Å². The summed E-state index contributed by atoms with van der Waals surface area (Å²) in [6.45, 7) is 1.91. The summed E-state index contributed by atoms with van der Waals surface area (Å²) in [5.74, 6) is -0.226. The van der Waals surface area contributed by atoms with Crippen LogP contribution in [0.3, 0.4) is 0 Å². The molecule has 0 fully saturated rings. The lowest BCUT2D eigenvalue weighted by atomic mass is 10.2. The first-order chi connectivity index (χ1) is 12.1. The van der Waals surface area contributed by atoms with E-state index in [0.717, 1.165) is 0 Å². The first-order valence-corrected chi connectivity index (χ1v) is 7.64. The fraction of sp³-hybridized carbons (Fsp3) is 0.267. The van der Waals surface area contributed by atoms with E-state index in [0.29, 0.717) is 21.7 Å². The van der Waals surface area contributed by atoms with E-state index in [1.165, 1.54) is 25.1 Å². The summed E-state index contributed by atoms with van der Waals surface area (Å²) in [5, 5.41) is 7.92. The molecule has 0 radical (unpaired) electrons. The molecule has 0 aliphatic heterocycles. The van der Waals surface area contributed by atoms with Crippen LogP contribution in [-0.2, 0) is 4.74 Å². The Kier molecular flexibility index (Phi) is 4.66. The van der Waals surface area contributed by atoms with Crippen molar-refractivity contribution >= 4 is 28.6 Å². The summed E-state index contributed by atoms with van der Waals surface area (Å²) >= 11 is 6.35. The first kappa shape index (κ1) is 16.9. The minimum absolute atomic E-state index is 0.0205. The highest BCUT2D eigenvalue weighted by atomic mass is 35.5. The molecule has 0 atom stereocenters. The summed E-state index contributed by atoms with van der Waals surface area (Å²) in [6, 6.07) is 3.32. The smallest absolute Gasteiger partial charge is 0.376 e. The molecular weight excluding hydrogens is 350 g/mol. The monoisotopic (exact) mass is 363 g/mol. The fourth-order valence-electron chi connectivity index (χ4n) is 2.28.